The third-order valence-electron chi connectivity index (χ3n) is 4.76. The predicted octanol–water partition coefficient (Wildman–Crippen LogP) is 4.22. The summed E-state index contributed by atoms with van der Waals surface area (Å²) in [7, 11) is 0. The lowest BCUT2D eigenvalue weighted by Gasteiger charge is -2.06. The Morgan fingerprint density at radius 1 is 1.24 bits per heavy atom. The summed E-state index contributed by atoms with van der Waals surface area (Å²) in [6.07, 6.45) is 3.54. The summed E-state index contributed by atoms with van der Waals surface area (Å²) < 4.78 is 16.0. The molecule has 148 valence electrons. The Hall–Kier alpha value is -3.26. The minimum absolute atomic E-state index is 0.237. The minimum Gasteiger partial charge on any atom is -0.352 e. The van der Waals surface area contributed by atoms with Gasteiger partial charge in [-0.2, -0.15) is 5.10 Å². The molecule has 0 radical (unpaired) electrons. The Morgan fingerprint density at radius 2 is 2.03 bits per heavy atom. The number of H-pyrrole nitrogens is 2. The maximum atomic E-state index is 13.8. The van der Waals surface area contributed by atoms with Crippen LogP contribution >= 0.6 is 12.2 Å². The molecule has 4 rings (SSSR count). The molecule has 0 aliphatic carbocycles. The summed E-state index contributed by atoms with van der Waals surface area (Å²) in [5.74, 6) is -0.826. The Labute approximate surface area is 171 Å². The highest BCUT2D eigenvalue weighted by Gasteiger charge is 2.14. The lowest BCUT2D eigenvalue weighted by atomic mass is 10.1. The third-order valence-corrected chi connectivity index (χ3v) is 4.97. The van der Waals surface area contributed by atoms with Crippen molar-refractivity contribution < 1.29 is 9.18 Å². The van der Waals surface area contributed by atoms with Crippen molar-refractivity contribution in [2.24, 2.45) is 0 Å². The van der Waals surface area contributed by atoms with E-state index >= 15 is 0 Å². The summed E-state index contributed by atoms with van der Waals surface area (Å²) in [6, 6.07) is 12.4. The van der Waals surface area contributed by atoms with Crippen molar-refractivity contribution in [3.63, 3.8) is 0 Å². The molecule has 1 amide bonds. The van der Waals surface area contributed by atoms with E-state index < -0.39 is 5.82 Å². The van der Waals surface area contributed by atoms with Gasteiger partial charge in [0, 0.05) is 12.7 Å². The van der Waals surface area contributed by atoms with E-state index in [1.165, 1.54) is 12.1 Å². The van der Waals surface area contributed by atoms with Gasteiger partial charge in [-0.05, 0) is 61.8 Å². The van der Waals surface area contributed by atoms with Crippen LogP contribution in [0.1, 0.15) is 28.0 Å². The molecule has 0 bridgehead atoms. The molecule has 0 atom stereocenters. The third kappa shape index (κ3) is 4.12. The quantitative estimate of drug-likeness (QED) is 0.330. The second-order valence-corrected chi connectivity index (χ2v) is 7.24. The molecular formula is C21H20FN5OS. The van der Waals surface area contributed by atoms with Crippen LogP contribution in [0.25, 0.3) is 16.7 Å². The van der Waals surface area contributed by atoms with Crippen LogP contribution in [0.3, 0.4) is 0 Å². The molecule has 8 heteroatoms. The number of amides is 1. The van der Waals surface area contributed by atoms with E-state index in [0.29, 0.717) is 22.3 Å². The lowest BCUT2D eigenvalue weighted by molar-refractivity contribution is 0.0954. The SMILES string of the molecule is Cc1nn(-c2ccccc2)cc1CCCNC(=O)c1cc(F)cc2[nH]c(=S)[nH]c12. The maximum absolute atomic E-state index is 13.8. The Morgan fingerprint density at radius 3 is 2.83 bits per heavy atom. The number of benzene rings is 2. The van der Waals surface area contributed by atoms with Crippen LogP contribution < -0.4 is 5.32 Å². The summed E-state index contributed by atoms with van der Waals surface area (Å²) in [4.78, 5) is 18.3. The number of aryl methyl sites for hydroxylation is 2. The number of nitrogens with zero attached hydrogens (tertiary/aromatic N) is 2. The molecule has 2 aromatic carbocycles. The van der Waals surface area contributed by atoms with Gasteiger partial charge in [0.15, 0.2) is 4.77 Å². The normalized spacial score (nSPS) is 11.1. The predicted molar refractivity (Wildman–Crippen MR) is 112 cm³/mol. The number of halogens is 1. The van der Waals surface area contributed by atoms with Crippen LogP contribution in [0, 0.1) is 17.5 Å². The van der Waals surface area contributed by atoms with Crippen LogP contribution in [-0.2, 0) is 6.42 Å². The standard InChI is InChI=1S/C21H20FN5OS/c1-13-14(12-27(26-13)16-7-3-2-4-8-16)6-5-9-23-20(28)17-10-15(22)11-18-19(17)25-21(29)24-18/h2-4,7-8,10-12H,5-6,9H2,1H3,(H,23,28)(H2,24,25,29). The molecule has 0 fully saturated rings. The molecule has 0 aliphatic rings. The molecule has 2 heterocycles. The summed E-state index contributed by atoms with van der Waals surface area (Å²) in [5.41, 5.74) is 4.32. The number of carbonyl (C=O) groups excluding carboxylic acids is 1. The summed E-state index contributed by atoms with van der Waals surface area (Å²) in [5, 5.41) is 7.41. The highest BCUT2D eigenvalue weighted by atomic mass is 32.1. The van der Waals surface area contributed by atoms with Gasteiger partial charge in [0.2, 0.25) is 0 Å². The molecular weight excluding hydrogens is 389 g/mol. The van der Waals surface area contributed by atoms with E-state index in [1.54, 1.807) is 0 Å². The fourth-order valence-electron chi connectivity index (χ4n) is 3.32. The number of carbonyl (C=O) groups is 1. The number of rotatable bonds is 6. The zero-order chi connectivity index (χ0) is 20.4. The number of aromatic amines is 2. The van der Waals surface area contributed by atoms with E-state index in [1.807, 2.05) is 48.1 Å². The van der Waals surface area contributed by atoms with Gasteiger partial charge in [-0.15, -0.1) is 0 Å². The van der Waals surface area contributed by atoms with Crippen molar-refractivity contribution >= 4 is 29.2 Å². The monoisotopic (exact) mass is 409 g/mol. The van der Waals surface area contributed by atoms with Gasteiger partial charge in [-0.3, -0.25) is 4.79 Å². The zero-order valence-corrected chi connectivity index (χ0v) is 16.6. The topological polar surface area (TPSA) is 78.5 Å². The van der Waals surface area contributed by atoms with Gasteiger partial charge in [0.25, 0.3) is 5.91 Å². The largest absolute Gasteiger partial charge is 0.352 e. The Bertz CT molecular complexity index is 1230. The first-order valence-corrected chi connectivity index (χ1v) is 9.72. The highest BCUT2D eigenvalue weighted by Crippen LogP contribution is 2.18. The van der Waals surface area contributed by atoms with E-state index in [0.717, 1.165) is 29.8 Å². The second-order valence-electron chi connectivity index (χ2n) is 6.83. The highest BCUT2D eigenvalue weighted by molar-refractivity contribution is 7.71. The zero-order valence-electron chi connectivity index (χ0n) is 15.8. The number of nitrogens with one attached hydrogen (secondary N) is 3. The molecule has 0 saturated carbocycles. The number of hydrogen-bond acceptors (Lipinski definition) is 3. The fraction of sp³-hybridized carbons (Fsp3) is 0.190. The molecule has 6 nitrogen and oxygen atoms in total. The smallest absolute Gasteiger partial charge is 0.253 e. The molecule has 0 spiro atoms. The average molecular weight is 409 g/mol. The maximum Gasteiger partial charge on any atom is 0.253 e. The molecule has 0 saturated heterocycles. The van der Waals surface area contributed by atoms with Crippen molar-refractivity contribution in [3.05, 3.63) is 76.1 Å². The van der Waals surface area contributed by atoms with Crippen LogP contribution in [0.2, 0.25) is 0 Å². The average Bonchev–Trinajstić information content (AvgIpc) is 3.26. The molecule has 29 heavy (non-hydrogen) atoms. The van der Waals surface area contributed by atoms with E-state index in [-0.39, 0.29) is 11.5 Å². The number of fused-ring (bicyclic) bond motifs is 1. The van der Waals surface area contributed by atoms with Crippen LogP contribution in [-0.4, -0.2) is 32.2 Å². The first kappa shape index (κ1) is 19.1. The van der Waals surface area contributed by atoms with Crippen LogP contribution in [0.4, 0.5) is 4.39 Å². The summed E-state index contributed by atoms with van der Waals surface area (Å²) >= 11 is 5.04. The van der Waals surface area contributed by atoms with E-state index in [2.05, 4.69) is 20.4 Å². The van der Waals surface area contributed by atoms with Crippen LogP contribution in [0.15, 0.2) is 48.7 Å². The molecule has 0 unspecified atom stereocenters. The second kappa shape index (κ2) is 8.00. The lowest BCUT2D eigenvalue weighted by Crippen LogP contribution is -2.25. The molecule has 0 aliphatic heterocycles. The van der Waals surface area contributed by atoms with Gasteiger partial charge in [0.05, 0.1) is 28.0 Å². The van der Waals surface area contributed by atoms with Crippen LogP contribution in [0.5, 0.6) is 0 Å². The van der Waals surface area contributed by atoms with Crippen molar-refractivity contribution in [2.45, 2.75) is 19.8 Å². The minimum atomic E-state index is -0.489. The van der Waals surface area contributed by atoms with Crippen molar-refractivity contribution in [3.8, 4) is 5.69 Å². The molecule has 3 N–H and O–H groups in total. The van der Waals surface area contributed by atoms with Gasteiger partial charge in [0.1, 0.15) is 5.82 Å². The summed E-state index contributed by atoms with van der Waals surface area (Å²) in [6.45, 7) is 2.45. The number of aromatic nitrogens is 4. The van der Waals surface area contributed by atoms with Crippen molar-refractivity contribution in [1.29, 1.82) is 0 Å². The fourth-order valence-corrected chi connectivity index (χ4v) is 3.53. The molecule has 4 aromatic rings. The van der Waals surface area contributed by atoms with E-state index in [9.17, 15) is 9.18 Å². The number of para-hydroxylation sites is 1. The first-order valence-electron chi connectivity index (χ1n) is 9.31. The number of hydrogen-bond donors (Lipinski definition) is 3. The Kier molecular flexibility index (Phi) is 5.26. The molecule has 2 aromatic heterocycles. The van der Waals surface area contributed by atoms with Gasteiger partial charge >= 0.3 is 0 Å². The van der Waals surface area contributed by atoms with E-state index in [4.69, 9.17) is 12.2 Å². The number of imidazole rings is 1. The van der Waals surface area contributed by atoms with Crippen molar-refractivity contribution in [2.75, 3.05) is 6.54 Å². The first-order chi connectivity index (χ1) is 14.0. The van der Waals surface area contributed by atoms with Gasteiger partial charge in [-0.25, -0.2) is 9.07 Å². The van der Waals surface area contributed by atoms with Gasteiger partial charge in [-0.1, -0.05) is 18.2 Å². The van der Waals surface area contributed by atoms with Crippen molar-refractivity contribution in [1.82, 2.24) is 25.1 Å². The van der Waals surface area contributed by atoms with Gasteiger partial charge < -0.3 is 15.3 Å². The Balaban J connectivity index is 1.39.